The molecule has 5 rings (SSSR count). The zero-order valence-electron chi connectivity index (χ0n) is 28.3. The van der Waals surface area contributed by atoms with E-state index in [1.54, 1.807) is 23.9 Å². The van der Waals surface area contributed by atoms with E-state index in [-0.39, 0.29) is 27.9 Å². The van der Waals surface area contributed by atoms with Gasteiger partial charge in [-0.15, -0.1) is 11.8 Å². The zero-order chi connectivity index (χ0) is 35.5. The van der Waals surface area contributed by atoms with Gasteiger partial charge in [0.2, 0.25) is 0 Å². The molecule has 13 heteroatoms. The summed E-state index contributed by atoms with van der Waals surface area (Å²) >= 11 is 1.64. The van der Waals surface area contributed by atoms with E-state index in [1.165, 1.54) is 17.7 Å². The lowest BCUT2D eigenvalue weighted by molar-refractivity contribution is -0.384. The van der Waals surface area contributed by atoms with Crippen LogP contribution in [-0.2, 0) is 16.6 Å². The van der Waals surface area contributed by atoms with Gasteiger partial charge in [-0.25, -0.2) is 13.1 Å². The number of nitrogens with one attached hydrogen (secondary N) is 3. The molecular weight excluding hydrogens is 673 g/mol. The Morgan fingerprint density at radius 1 is 0.960 bits per heavy atom. The van der Waals surface area contributed by atoms with Crippen LogP contribution in [-0.4, -0.2) is 75.7 Å². The fourth-order valence-electron chi connectivity index (χ4n) is 5.76. The van der Waals surface area contributed by atoms with Gasteiger partial charge in [-0.2, -0.15) is 0 Å². The van der Waals surface area contributed by atoms with Crippen LogP contribution in [0.2, 0.25) is 0 Å². The number of carbonyl (C=O) groups excluding carboxylic acids is 1. The van der Waals surface area contributed by atoms with Crippen molar-refractivity contribution in [1.29, 1.82) is 0 Å². The minimum absolute atomic E-state index is 0.130. The summed E-state index contributed by atoms with van der Waals surface area (Å²) in [6.45, 7) is 3.31. The minimum Gasteiger partial charge on any atom is -0.376 e. The number of nitrogens with zero attached hydrogens (tertiary/aromatic N) is 3. The predicted molar refractivity (Wildman–Crippen MR) is 200 cm³/mol. The van der Waals surface area contributed by atoms with E-state index in [1.807, 2.05) is 79.7 Å². The third-order valence-corrected chi connectivity index (χ3v) is 11.1. The summed E-state index contributed by atoms with van der Waals surface area (Å²) in [5, 5.41) is 19.0. The molecular formula is C37H44N6O5S2. The molecule has 1 saturated heterocycles. The second-order valence-electron chi connectivity index (χ2n) is 12.6. The lowest BCUT2D eigenvalue weighted by Gasteiger charge is -2.34. The first-order valence-corrected chi connectivity index (χ1v) is 19.1. The van der Waals surface area contributed by atoms with Crippen molar-refractivity contribution in [3.05, 3.63) is 124 Å². The van der Waals surface area contributed by atoms with Crippen LogP contribution in [0, 0.1) is 10.1 Å². The summed E-state index contributed by atoms with van der Waals surface area (Å²) in [5.41, 5.74) is 2.21. The smallest absolute Gasteiger partial charge is 0.293 e. The molecule has 0 aliphatic carbocycles. The van der Waals surface area contributed by atoms with Gasteiger partial charge in [0.05, 0.1) is 9.82 Å². The highest BCUT2D eigenvalue weighted by Crippen LogP contribution is 2.30. The average Bonchev–Trinajstić information content (AvgIpc) is 3.12. The van der Waals surface area contributed by atoms with Gasteiger partial charge >= 0.3 is 0 Å². The Morgan fingerprint density at radius 2 is 1.62 bits per heavy atom. The van der Waals surface area contributed by atoms with E-state index in [4.69, 9.17) is 0 Å². The third kappa shape index (κ3) is 10.5. The largest absolute Gasteiger partial charge is 0.376 e. The Labute approximate surface area is 298 Å². The molecule has 1 atom stereocenters. The molecule has 1 fully saturated rings. The van der Waals surface area contributed by atoms with E-state index in [2.05, 4.69) is 32.4 Å². The number of piperidine rings is 1. The molecule has 0 radical (unpaired) electrons. The number of benzene rings is 4. The lowest BCUT2D eigenvalue weighted by atomic mass is 10.0. The second-order valence-corrected chi connectivity index (χ2v) is 15.4. The summed E-state index contributed by atoms with van der Waals surface area (Å²) < 4.78 is 28.6. The molecule has 1 heterocycles. The van der Waals surface area contributed by atoms with E-state index in [0.29, 0.717) is 18.2 Å². The Balaban J connectivity index is 1.19. The van der Waals surface area contributed by atoms with Crippen molar-refractivity contribution in [3.8, 4) is 0 Å². The highest BCUT2D eigenvalue weighted by Gasteiger charge is 2.26. The number of nitro groups is 1. The van der Waals surface area contributed by atoms with E-state index in [9.17, 15) is 23.3 Å². The number of amides is 1. The first-order valence-electron chi connectivity index (χ1n) is 16.6. The molecule has 50 heavy (non-hydrogen) atoms. The van der Waals surface area contributed by atoms with Crippen LogP contribution >= 0.6 is 11.8 Å². The van der Waals surface area contributed by atoms with Crippen LogP contribution in [0.5, 0.6) is 0 Å². The molecule has 0 aromatic heterocycles. The van der Waals surface area contributed by atoms with Crippen LogP contribution in [0.25, 0.3) is 0 Å². The average molecular weight is 717 g/mol. The molecule has 1 aliphatic heterocycles. The summed E-state index contributed by atoms with van der Waals surface area (Å²) in [4.78, 5) is 29.5. The maximum Gasteiger partial charge on any atom is 0.293 e. The van der Waals surface area contributed by atoms with E-state index < -0.39 is 20.9 Å². The van der Waals surface area contributed by atoms with Crippen molar-refractivity contribution < 1.29 is 18.1 Å². The minimum atomic E-state index is -4.40. The molecule has 0 bridgehead atoms. The van der Waals surface area contributed by atoms with Crippen LogP contribution in [0.1, 0.15) is 35.2 Å². The quantitative estimate of drug-likeness (QED) is 0.0720. The molecule has 11 nitrogen and oxygen atoms in total. The molecule has 3 N–H and O–H groups in total. The van der Waals surface area contributed by atoms with Gasteiger partial charge in [0.15, 0.2) is 0 Å². The van der Waals surface area contributed by atoms with Gasteiger partial charge in [-0.3, -0.25) is 14.9 Å². The van der Waals surface area contributed by atoms with Crippen molar-refractivity contribution in [1.82, 2.24) is 14.9 Å². The molecule has 0 saturated carbocycles. The highest BCUT2D eigenvalue weighted by atomic mass is 32.2. The second kappa shape index (κ2) is 17.5. The van der Waals surface area contributed by atoms with Gasteiger partial charge in [-0.1, -0.05) is 48.5 Å². The maximum absolute atomic E-state index is 13.3. The number of thioether (sulfide) groups is 1. The monoisotopic (exact) mass is 716 g/mol. The molecule has 4 aromatic carbocycles. The van der Waals surface area contributed by atoms with E-state index >= 15 is 0 Å². The topological polar surface area (TPSA) is 137 Å². The van der Waals surface area contributed by atoms with Gasteiger partial charge in [-0.05, 0) is 94.0 Å². The van der Waals surface area contributed by atoms with Crippen LogP contribution in [0.15, 0.2) is 113 Å². The van der Waals surface area contributed by atoms with Gasteiger partial charge in [0.25, 0.3) is 21.6 Å². The van der Waals surface area contributed by atoms with Crippen molar-refractivity contribution in [2.75, 3.05) is 49.7 Å². The Morgan fingerprint density at radius 3 is 2.26 bits per heavy atom. The molecule has 1 amide bonds. The van der Waals surface area contributed by atoms with Crippen LogP contribution in [0.4, 0.5) is 17.1 Å². The van der Waals surface area contributed by atoms with Gasteiger partial charge in [0.1, 0.15) is 5.69 Å². The highest BCUT2D eigenvalue weighted by molar-refractivity contribution is 7.99. The number of hydrogen-bond donors (Lipinski definition) is 3. The Kier molecular flexibility index (Phi) is 12.9. The number of anilines is 2. The first-order chi connectivity index (χ1) is 24.1. The fourth-order valence-corrected chi connectivity index (χ4v) is 7.75. The van der Waals surface area contributed by atoms with Crippen molar-refractivity contribution in [3.63, 3.8) is 0 Å². The molecule has 0 spiro atoms. The van der Waals surface area contributed by atoms with Crippen LogP contribution in [0.3, 0.4) is 0 Å². The van der Waals surface area contributed by atoms with Crippen molar-refractivity contribution in [2.45, 2.75) is 47.7 Å². The normalized spacial score (nSPS) is 14.3. The summed E-state index contributed by atoms with van der Waals surface area (Å²) in [6, 6.07) is 31.0. The summed E-state index contributed by atoms with van der Waals surface area (Å²) in [6.07, 6.45) is 2.68. The van der Waals surface area contributed by atoms with Gasteiger partial charge in [0, 0.05) is 59.7 Å². The zero-order valence-corrected chi connectivity index (χ0v) is 30.0. The number of sulfonamides is 1. The first kappa shape index (κ1) is 36.8. The number of carbonyl (C=O) groups is 1. The lowest BCUT2D eigenvalue weighted by Crippen LogP contribution is -2.42. The van der Waals surface area contributed by atoms with Crippen LogP contribution < -0.4 is 20.3 Å². The standard InChI is InChI=1S/C37H44N6O5S2/c1-41(2)22-19-31(27-49-33-11-7-4-8-12-33)39-35-18-17-34(25-36(35)43(45)46)50(47,48)40-37(44)29-13-15-32(16-14-29)42-23-20-30(21-24-42)38-26-28-9-5-3-6-10-28/h3-18,25,30-31,38-39H,19-24,26-27H2,1-2H3,(H,40,44)/t31-/m1/s1. The molecule has 264 valence electrons. The summed E-state index contributed by atoms with van der Waals surface area (Å²) in [7, 11) is -0.479. The van der Waals surface area contributed by atoms with Crippen molar-refractivity contribution >= 4 is 44.8 Å². The molecule has 4 aromatic rings. The number of hydrogen-bond acceptors (Lipinski definition) is 10. The van der Waals surface area contributed by atoms with E-state index in [0.717, 1.165) is 55.7 Å². The molecule has 0 unspecified atom stereocenters. The maximum atomic E-state index is 13.3. The third-order valence-electron chi connectivity index (χ3n) is 8.61. The number of rotatable bonds is 16. The van der Waals surface area contributed by atoms with Gasteiger partial charge < -0.3 is 20.4 Å². The number of nitro benzene ring substituents is 1. The fraction of sp³-hybridized carbons (Fsp3) is 0.324. The van der Waals surface area contributed by atoms with Crippen molar-refractivity contribution in [2.24, 2.45) is 0 Å². The Hall–Kier alpha value is -4.43. The SMILES string of the molecule is CN(C)CC[C@H](CSc1ccccc1)Nc1ccc(S(=O)(=O)NC(=O)c2ccc(N3CCC(NCc4ccccc4)CC3)cc2)cc1[N+](=O)[O-]. The molecule has 1 aliphatic rings. The summed E-state index contributed by atoms with van der Waals surface area (Å²) in [5.74, 6) is -0.166. The Bertz CT molecular complexity index is 1820. The predicted octanol–water partition coefficient (Wildman–Crippen LogP) is 6.00.